The van der Waals surface area contributed by atoms with Gasteiger partial charge in [-0.2, -0.15) is 10.5 Å². The maximum absolute atomic E-state index is 12.1. The van der Waals surface area contributed by atoms with Crippen LogP contribution in [0.1, 0.15) is 17.5 Å². The molecular weight excluding hydrogens is 428 g/mol. The molecule has 2 amide bonds. The molecular formula is C23H20N4O6. The average molecular weight is 448 g/mol. The number of amides is 2. The lowest BCUT2D eigenvalue weighted by atomic mass is 10.1. The van der Waals surface area contributed by atoms with Crippen LogP contribution >= 0.6 is 0 Å². The van der Waals surface area contributed by atoms with Crippen LogP contribution in [0.5, 0.6) is 23.0 Å². The summed E-state index contributed by atoms with van der Waals surface area (Å²) in [5.41, 5.74) is 0.274. The van der Waals surface area contributed by atoms with Gasteiger partial charge in [0.15, 0.2) is 23.0 Å². The van der Waals surface area contributed by atoms with Gasteiger partial charge in [0.1, 0.15) is 23.3 Å². The number of carbonyl (C=O) groups excluding carboxylic acids is 2. The molecule has 168 valence electrons. The summed E-state index contributed by atoms with van der Waals surface area (Å²) in [6, 6.07) is 11.2. The van der Waals surface area contributed by atoms with Crippen molar-refractivity contribution in [3.63, 3.8) is 0 Å². The number of nitrogens with one attached hydrogen (secondary N) is 2. The van der Waals surface area contributed by atoms with Gasteiger partial charge in [-0.05, 0) is 54.0 Å². The lowest BCUT2D eigenvalue weighted by Crippen LogP contribution is -2.30. The number of carbonyl (C=O) groups is 2. The van der Waals surface area contributed by atoms with Gasteiger partial charge >= 0.3 is 0 Å². The van der Waals surface area contributed by atoms with E-state index in [9.17, 15) is 40.5 Å². The number of nitrogens with zero attached hydrogens (tertiary/aromatic N) is 2. The summed E-state index contributed by atoms with van der Waals surface area (Å²) in [6.07, 6.45) is 2.82. The van der Waals surface area contributed by atoms with Crippen molar-refractivity contribution < 1.29 is 30.0 Å². The highest BCUT2D eigenvalue weighted by atomic mass is 16.3. The van der Waals surface area contributed by atoms with E-state index in [0.717, 1.165) is 0 Å². The Balaban J connectivity index is 1.85. The second kappa shape index (κ2) is 11.4. The molecule has 0 saturated carbocycles. The van der Waals surface area contributed by atoms with Crippen LogP contribution in [-0.2, 0) is 9.59 Å². The lowest BCUT2D eigenvalue weighted by Gasteiger charge is -2.07. The zero-order valence-electron chi connectivity index (χ0n) is 17.2. The number of phenolic OH excluding ortho intramolecular Hbond substituents is 4. The summed E-state index contributed by atoms with van der Waals surface area (Å²) in [7, 11) is 0. The molecule has 0 fully saturated rings. The lowest BCUT2D eigenvalue weighted by molar-refractivity contribution is -0.117. The first-order chi connectivity index (χ1) is 15.7. The first kappa shape index (κ1) is 24.3. The van der Waals surface area contributed by atoms with Crippen LogP contribution in [0.15, 0.2) is 47.5 Å². The van der Waals surface area contributed by atoms with E-state index in [2.05, 4.69) is 10.6 Å². The second-order valence-electron chi connectivity index (χ2n) is 6.70. The third-order valence-corrected chi connectivity index (χ3v) is 4.28. The van der Waals surface area contributed by atoms with Crippen LogP contribution in [0.3, 0.4) is 0 Å². The summed E-state index contributed by atoms with van der Waals surface area (Å²) in [5.74, 6) is -2.72. The summed E-state index contributed by atoms with van der Waals surface area (Å²) in [6.45, 7) is 0.271. The van der Waals surface area contributed by atoms with E-state index in [1.165, 1.54) is 48.6 Å². The molecule has 33 heavy (non-hydrogen) atoms. The van der Waals surface area contributed by atoms with E-state index in [1.54, 1.807) is 12.1 Å². The second-order valence-corrected chi connectivity index (χ2v) is 6.70. The molecule has 2 rings (SSSR count). The fourth-order valence-corrected chi connectivity index (χ4v) is 2.57. The number of nitriles is 2. The van der Waals surface area contributed by atoms with Crippen molar-refractivity contribution in [1.29, 1.82) is 10.5 Å². The number of hydrogen-bond donors (Lipinski definition) is 6. The van der Waals surface area contributed by atoms with Crippen molar-refractivity contribution >= 4 is 24.0 Å². The van der Waals surface area contributed by atoms with Crippen LogP contribution in [0.2, 0.25) is 0 Å². The minimum absolute atomic E-state index is 0.135. The zero-order valence-corrected chi connectivity index (χ0v) is 17.2. The van der Waals surface area contributed by atoms with Gasteiger partial charge in [-0.3, -0.25) is 9.59 Å². The van der Waals surface area contributed by atoms with Gasteiger partial charge in [0.05, 0.1) is 0 Å². The van der Waals surface area contributed by atoms with E-state index in [4.69, 9.17) is 0 Å². The molecule has 0 heterocycles. The predicted molar refractivity (Wildman–Crippen MR) is 117 cm³/mol. The van der Waals surface area contributed by atoms with Gasteiger partial charge in [0.25, 0.3) is 11.8 Å². The van der Waals surface area contributed by atoms with Gasteiger partial charge in [0, 0.05) is 13.1 Å². The van der Waals surface area contributed by atoms with Gasteiger partial charge in [-0.15, -0.1) is 0 Å². The monoisotopic (exact) mass is 448 g/mol. The van der Waals surface area contributed by atoms with Crippen LogP contribution in [0.4, 0.5) is 0 Å². The topological polar surface area (TPSA) is 187 Å². The largest absolute Gasteiger partial charge is 0.504 e. The molecule has 2 aromatic carbocycles. The molecule has 0 aliphatic rings. The Kier molecular flexibility index (Phi) is 8.43. The van der Waals surface area contributed by atoms with E-state index in [-0.39, 0.29) is 47.2 Å². The number of rotatable bonds is 8. The fourth-order valence-electron chi connectivity index (χ4n) is 2.57. The summed E-state index contributed by atoms with van der Waals surface area (Å²) in [4.78, 5) is 24.3. The number of phenols is 4. The number of benzene rings is 2. The average Bonchev–Trinajstić information content (AvgIpc) is 2.79. The zero-order chi connectivity index (χ0) is 24.4. The highest BCUT2D eigenvalue weighted by Gasteiger charge is 2.11. The van der Waals surface area contributed by atoms with Crippen LogP contribution < -0.4 is 10.6 Å². The van der Waals surface area contributed by atoms with Crippen LogP contribution in [0, 0.1) is 22.7 Å². The van der Waals surface area contributed by atoms with Crippen molar-refractivity contribution in [3.05, 3.63) is 58.7 Å². The Morgan fingerprint density at radius 1 is 0.727 bits per heavy atom. The maximum Gasteiger partial charge on any atom is 0.261 e. The van der Waals surface area contributed by atoms with E-state index in [1.807, 2.05) is 0 Å². The minimum Gasteiger partial charge on any atom is -0.504 e. The molecule has 0 aliphatic carbocycles. The fraction of sp³-hybridized carbons (Fsp3) is 0.130. The molecule has 10 heteroatoms. The van der Waals surface area contributed by atoms with E-state index < -0.39 is 11.8 Å². The number of hydrogen-bond acceptors (Lipinski definition) is 8. The molecule has 0 atom stereocenters. The molecule has 0 radical (unpaired) electrons. The Labute approximate surface area is 189 Å². The quantitative estimate of drug-likeness (QED) is 0.152. The molecule has 2 aromatic rings. The predicted octanol–water partition coefficient (Wildman–Crippen LogP) is 1.65. The number of aromatic hydroxyl groups is 4. The molecule has 0 unspecified atom stereocenters. The van der Waals surface area contributed by atoms with Gasteiger partial charge < -0.3 is 31.1 Å². The van der Waals surface area contributed by atoms with Gasteiger partial charge in [0.2, 0.25) is 0 Å². The van der Waals surface area contributed by atoms with Crippen molar-refractivity contribution in [2.45, 2.75) is 6.42 Å². The molecule has 10 nitrogen and oxygen atoms in total. The Morgan fingerprint density at radius 3 is 1.45 bits per heavy atom. The first-order valence-electron chi connectivity index (χ1n) is 9.59. The molecule has 0 bridgehead atoms. The normalized spacial score (nSPS) is 11.2. The smallest absolute Gasteiger partial charge is 0.261 e. The van der Waals surface area contributed by atoms with E-state index >= 15 is 0 Å². The summed E-state index contributed by atoms with van der Waals surface area (Å²) < 4.78 is 0. The van der Waals surface area contributed by atoms with Crippen molar-refractivity contribution in [3.8, 4) is 35.1 Å². The Hall–Kier alpha value is -4.96. The van der Waals surface area contributed by atoms with Crippen molar-refractivity contribution in [2.24, 2.45) is 0 Å². The van der Waals surface area contributed by atoms with Gasteiger partial charge in [-0.25, -0.2) is 0 Å². The molecule has 0 aromatic heterocycles. The van der Waals surface area contributed by atoms with E-state index in [0.29, 0.717) is 17.5 Å². The summed E-state index contributed by atoms with van der Waals surface area (Å²) in [5, 5.41) is 61.0. The maximum atomic E-state index is 12.1. The third kappa shape index (κ3) is 7.05. The Morgan fingerprint density at radius 2 is 1.12 bits per heavy atom. The minimum atomic E-state index is -0.652. The van der Waals surface area contributed by atoms with Crippen molar-refractivity contribution in [2.75, 3.05) is 13.1 Å². The third-order valence-electron chi connectivity index (χ3n) is 4.28. The summed E-state index contributed by atoms with van der Waals surface area (Å²) >= 11 is 0. The molecule has 0 saturated heterocycles. The van der Waals surface area contributed by atoms with Crippen LogP contribution in [-0.4, -0.2) is 45.3 Å². The van der Waals surface area contributed by atoms with Crippen LogP contribution in [0.25, 0.3) is 12.2 Å². The highest BCUT2D eigenvalue weighted by molar-refractivity contribution is 6.02. The first-order valence-corrected chi connectivity index (χ1v) is 9.59. The molecule has 6 N–H and O–H groups in total. The molecule has 0 spiro atoms. The molecule has 0 aliphatic heterocycles. The standard InChI is InChI=1S/C23H20N4O6/c24-12-16(8-14-2-4-18(28)20(30)10-14)22(32)26-6-1-7-27-23(33)17(13-25)9-15-3-5-19(29)21(31)11-15/h2-5,8-11,28-31H,1,6-7H2,(H,26,32)(H,27,33). The van der Waals surface area contributed by atoms with Crippen molar-refractivity contribution in [1.82, 2.24) is 10.6 Å². The Bertz CT molecular complexity index is 1110. The highest BCUT2D eigenvalue weighted by Crippen LogP contribution is 2.26. The van der Waals surface area contributed by atoms with Gasteiger partial charge in [-0.1, -0.05) is 12.1 Å². The SMILES string of the molecule is N#CC(=Cc1ccc(O)c(O)c1)C(=O)NCCCNC(=O)C(C#N)=Cc1ccc(O)c(O)c1.